The normalized spacial score (nSPS) is 15.8. The first-order valence-corrected chi connectivity index (χ1v) is 9.14. The van der Waals surface area contributed by atoms with Crippen LogP contribution in [0.2, 0.25) is 0 Å². The van der Waals surface area contributed by atoms with Crippen LogP contribution in [0.4, 0.5) is 14.5 Å². The molecule has 0 atom stereocenters. The Morgan fingerprint density at radius 2 is 1.74 bits per heavy atom. The Morgan fingerprint density at radius 1 is 1.00 bits per heavy atom. The van der Waals surface area contributed by atoms with Crippen molar-refractivity contribution in [1.82, 2.24) is 0 Å². The number of amides is 1. The number of halogens is 2. The summed E-state index contributed by atoms with van der Waals surface area (Å²) in [6.07, 6.45) is 1.56. The Morgan fingerprint density at radius 3 is 2.48 bits per heavy atom. The van der Waals surface area contributed by atoms with E-state index in [1.165, 1.54) is 29.2 Å². The quantitative estimate of drug-likeness (QED) is 0.422. The predicted molar refractivity (Wildman–Crippen MR) is 106 cm³/mol. The van der Waals surface area contributed by atoms with Crippen molar-refractivity contribution < 1.29 is 18.0 Å². The Labute approximate surface area is 163 Å². The zero-order valence-corrected chi connectivity index (χ0v) is 15.3. The molecule has 0 unspecified atom stereocenters. The maximum absolute atomic E-state index is 14.0. The molecule has 2 aromatic carbocycles. The molecule has 3 nitrogen and oxygen atoms in total. The van der Waals surface area contributed by atoms with Crippen molar-refractivity contribution in [2.45, 2.75) is 0 Å². The standard InChI is InChI=1S/C20H11F2NO2S2/c21-13-7-5-12(6-8-13)17-10-9-14(25-17)11-18-19(24)23(20(26)27-18)16-4-2-1-3-15(16)22/h1-11H. The highest BCUT2D eigenvalue weighted by molar-refractivity contribution is 8.27. The van der Waals surface area contributed by atoms with E-state index in [0.29, 0.717) is 16.4 Å². The van der Waals surface area contributed by atoms with Crippen LogP contribution >= 0.6 is 24.0 Å². The minimum atomic E-state index is -0.522. The largest absolute Gasteiger partial charge is 0.457 e. The van der Waals surface area contributed by atoms with Gasteiger partial charge in [0.1, 0.15) is 23.2 Å². The van der Waals surface area contributed by atoms with Crippen molar-refractivity contribution >= 4 is 46.0 Å². The van der Waals surface area contributed by atoms with Crippen LogP contribution in [0.5, 0.6) is 0 Å². The van der Waals surface area contributed by atoms with Gasteiger partial charge in [-0.1, -0.05) is 36.1 Å². The maximum Gasteiger partial charge on any atom is 0.270 e. The minimum Gasteiger partial charge on any atom is -0.457 e. The van der Waals surface area contributed by atoms with E-state index < -0.39 is 11.7 Å². The number of benzene rings is 2. The van der Waals surface area contributed by atoms with Crippen molar-refractivity contribution in [3.8, 4) is 11.3 Å². The first kappa shape index (κ1) is 17.6. The van der Waals surface area contributed by atoms with Crippen molar-refractivity contribution in [3.63, 3.8) is 0 Å². The Bertz CT molecular complexity index is 1070. The molecule has 3 aromatic rings. The van der Waals surface area contributed by atoms with E-state index in [2.05, 4.69) is 0 Å². The molecular weight excluding hydrogens is 388 g/mol. The van der Waals surface area contributed by atoms with Gasteiger partial charge in [0, 0.05) is 11.6 Å². The fraction of sp³-hybridized carbons (Fsp3) is 0. The van der Waals surface area contributed by atoms with Gasteiger partial charge >= 0.3 is 0 Å². The number of para-hydroxylation sites is 1. The SMILES string of the molecule is O=C1C(=Cc2ccc(-c3ccc(F)cc3)o2)SC(=S)N1c1ccccc1F. The van der Waals surface area contributed by atoms with Gasteiger partial charge in [-0.2, -0.15) is 0 Å². The van der Waals surface area contributed by atoms with Crippen LogP contribution in [0.25, 0.3) is 17.4 Å². The van der Waals surface area contributed by atoms with E-state index in [9.17, 15) is 13.6 Å². The number of hydrogen-bond donors (Lipinski definition) is 0. The molecule has 4 rings (SSSR count). The lowest BCUT2D eigenvalue weighted by Gasteiger charge is -2.14. The molecule has 134 valence electrons. The zero-order valence-electron chi connectivity index (χ0n) is 13.7. The minimum absolute atomic E-state index is 0.120. The lowest BCUT2D eigenvalue weighted by molar-refractivity contribution is -0.113. The summed E-state index contributed by atoms with van der Waals surface area (Å²) in [4.78, 5) is 14.2. The Hall–Kier alpha value is -2.77. The fourth-order valence-corrected chi connectivity index (χ4v) is 3.90. The van der Waals surface area contributed by atoms with Crippen molar-refractivity contribution in [2.24, 2.45) is 0 Å². The first-order chi connectivity index (χ1) is 13.0. The lowest BCUT2D eigenvalue weighted by Crippen LogP contribution is -2.28. The van der Waals surface area contributed by atoms with Gasteiger partial charge in [-0.3, -0.25) is 9.69 Å². The molecule has 1 fully saturated rings. The third-order valence-electron chi connectivity index (χ3n) is 3.92. The molecule has 0 radical (unpaired) electrons. The van der Waals surface area contributed by atoms with E-state index >= 15 is 0 Å². The molecule has 1 aliphatic rings. The summed E-state index contributed by atoms with van der Waals surface area (Å²) >= 11 is 6.32. The second-order valence-electron chi connectivity index (χ2n) is 5.68. The molecule has 0 bridgehead atoms. The second-order valence-corrected chi connectivity index (χ2v) is 7.35. The zero-order chi connectivity index (χ0) is 19.0. The van der Waals surface area contributed by atoms with E-state index in [0.717, 1.165) is 17.3 Å². The molecule has 7 heteroatoms. The molecule has 1 saturated heterocycles. The summed E-state index contributed by atoms with van der Waals surface area (Å²) in [6, 6.07) is 15.3. The first-order valence-electron chi connectivity index (χ1n) is 7.91. The van der Waals surface area contributed by atoms with E-state index in [4.69, 9.17) is 16.6 Å². The molecule has 0 aliphatic carbocycles. The predicted octanol–water partition coefficient (Wildman–Crippen LogP) is 5.63. The number of anilines is 1. The van der Waals surface area contributed by atoms with Crippen LogP contribution in [0, 0.1) is 11.6 Å². The van der Waals surface area contributed by atoms with E-state index in [-0.39, 0.29) is 15.8 Å². The molecule has 1 amide bonds. The Balaban J connectivity index is 1.62. The highest BCUT2D eigenvalue weighted by Gasteiger charge is 2.34. The van der Waals surface area contributed by atoms with Crippen LogP contribution in [0.1, 0.15) is 5.76 Å². The van der Waals surface area contributed by atoms with Crippen molar-refractivity contribution in [2.75, 3.05) is 4.90 Å². The average molecular weight is 399 g/mol. The summed E-state index contributed by atoms with van der Waals surface area (Å²) in [7, 11) is 0. The number of hydrogen-bond acceptors (Lipinski definition) is 4. The lowest BCUT2D eigenvalue weighted by atomic mass is 10.2. The van der Waals surface area contributed by atoms with E-state index in [1.807, 2.05) is 0 Å². The average Bonchev–Trinajstić information content (AvgIpc) is 3.22. The molecule has 1 aromatic heterocycles. The topological polar surface area (TPSA) is 33.5 Å². The van der Waals surface area contributed by atoms with Gasteiger partial charge in [0.25, 0.3) is 5.91 Å². The number of thiocarbonyl (C=S) groups is 1. The smallest absolute Gasteiger partial charge is 0.270 e. The van der Waals surface area contributed by atoms with Crippen molar-refractivity contribution in [1.29, 1.82) is 0 Å². The maximum atomic E-state index is 14.0. The Kier molecular flexibility index (Phi) is 4.63. The molecule has 0 spiro atoms. The molecule has 0 N–H and O–H groups in total. The van der Waals surface area contributed by atoms with Gasteiger partial charge in [-0.25, -0.2) is 8.78 Å². The second kappa shape index (κ2) is 7.09. The summed E-state index contributed by atoms with van der Waals surface area (Å²) in [5, 5.41) is 0. The van der Waals surface area contributed by atoms with Gasteiger partial charge in [-0.05, 0) is 48.5 Å². The highest BCUT2D eigenvalue weighted by atomic mass is 32.2. The van der Waals surface area contributed by atoms with Crippen molar-refractivity contribution in [3.05, 3.63) is 83.0 Å². The molecule has 0 saturated carbocycles. The van der Waals surface area contributed by atoms with Gasteiger partial charge < -0.3 is 4.42 Å². The molecular formula is C20H11F2NO2S2. The van der Waals surface area contributed by atoms with Gasteiger partial charge in [-0.15, -0.1) is 0 Å². The number of rotatable bonds is 3. The summed E-state index contributed by atoms with van der Waals surface area (Å²) in [5.74, 6) is -0.266. The summed E-state index contributed by atoms with van der Waals surface area (Å²) in [5.41, 5.74) is 0.838. The van der Waals surface area contributed by atoms with Crippen LogP contribution < -0.4 is 4.90 Å². The molecule has 2 heterocycles. The van der Waals surface area contributed by atoms with Crippen LogP contribution in [0.15, 0.2) is 70.0 Å². The molecule has 1 aliphatic heterocycles. The molecule has 27 heavy (non-hydrogen) atoms. The number of carbonyl (C=O) groups is 1. The highest BCUT2D eigenvalue weighted by Crippen LogP contribution is 2.37. The van der Waals surface area contributed by atoms with Crippen LogP contribution in [-0.2, 0) is 4.79 Å². The third kappa shape index (κ3) is 3.43. The summed E-state index contributed by atoms with van der Waals surface area (Å²) in [6.45, 7) is 0. The number of thioether (sulfide) groups is 1. The fourth-order valence-electron chi connectivity index (χ4n) is 2.64. The van der Waals surface area contributed by atoms with Gasteiger partial charge in [0.15, 0.2) is 4.32 Å². The monoisotopic (exact) mass is 399 g/mol. The van der Waals surface area contributed by atoms with Crippen LogP contribution in [-0.4, -0.2) is 10.2 Å². The number of nitrogens with zero attached hydrogens (tertiary/aromatic N) is 1. The van der Waals surface area contributed by atoms with Gasteiger partial charge in [0.05, 0.1) is 10.6 Å². The third-order valence-corrected chi connectivity index (χ3v) is 5.22. The van der Waals surface area contributed by atoms with Crippen LogP contribution in [0.3, 0.4) is 0 Å². The van der Waals surface area contributed by atoms with E-state index in [1.54, 1.807) is 42.5 Å². The van der Waals surface area contributed by atoms with Gasteiger partial charge in [0.2, 0.25) is 0 Å². The summed E-state index contributed by atoms with van der Waals surface area (Å²) < 4.78 is 33.0. The number of furan rings is 1. The number of carbonyl (C=O) groups excluding carboxylic acids is 1.